The van der Waals surface area contributed by atoms with Crippen molar-refractivity contribution in [3.63, 3.8) is 0 Å². The van der Waals surface area contributed by atoms with Gasteiger partial charge in [0.05, 0.1) is 17.2 Å². The molecule has 0 saturated heterocycles. The van der Waals surface area contributed by atoms with Gasteiger partial charge in [-0.2, -0.15) is 0 Å². The van der Waals surface area contributed by atoms with Gasteiger partial charge in [-0.05, 0) is 63.0 Å². The molecule has 2 amide bonds. The second-order valence-electron chi connectivity index (χ2n) is 10.1. The highest BCUT2D eigenvalue weighted by Crippen LogP contribution is 2.42. The van der Waals surface area contributed by atoms with Gasteiger partial charge in [0, 0.05) is 24.5 Å². The first-order chi connectivity index (χ1) is 15.5. The van der Waals surface area contributed by atoms with Crippen molar-refractivity contribution in [1.82, 2.24) is 25.0 Å². The maximum absolute atomic E-state index is 12.7. The normalized spacial score (nSPS) is 16.1. The first-order valence-corrected chi connectivity index (χ1v) is 13.5. The number of thiophene rings is 1. The molecule has 0 radical (unpaired) electrons. The standard InChI is InChI=1S/C24H37N5O2S2/c1-8-29(13-20(30)25-15(2)3)21(31)14-32-23-27-26-22(28(23)7)19-12-16-11-17(24(4,5)6)9-10-18(16)33-19/h12,15,17H,8-11,13-14H2,1-7H3,(H,25,30)/t17-/m0/s1. The number of carbonyl (C=O) groups excluding carboxylic acids is 2. The van der Waals surface area contributed by atoms with E-state index in [-0.39, 0.29) is 30.2 Å². The van der Waals surface area contributed by atoms with E-state index >= 15 is 0 Å². The number of nitrogens with zero attached hydrogens (tertiary/aromatic N) is 4. The molecule has 1 atom stereocenters. The average Bonchev–Trinajstić information content (AvgIpc) is 3.31. The number of likely N-dealkylation sites (N-methyl/N-ethyl adjacent to an activating group) is 1. The molecule has 0 aromatic carbocycles. The molecule has 1 aliphatic carbocycles. The molecule has 1 aliphatic rings. The van der Waals surface area contributed by atoms with Gasteiger partial charge in [-0.15, -0.1) is 21.5 Å². The number of fused-ring (bicyclic) bond motifs is 1. The van der Waals surface area contributed by atoms with Crippen LogP contribution in [0.3, 0.4) is 0 Å². The van der Waals surface area contributed by atoms with Crippen LogP contribution in [0.5, 0.6) is 0 Å². The van der Waals surface area contributed by atoms with Crippen LogP contribution in [0, 0.1) is 11.3 Å². The fraction of sp³-hybridized carbons (Fsp3) is 0.667. The molecule has 182 valence electrons. The second kappa shape index (κ2) is 10.6. The largest absolute Gasteiger partial charge is 0.352 e. The van der Waals surface area contributed by atoms with Crippen molar-refractivity contribution in [3.8, 4) is 10.7 Å². The summed E-state index contributed by atoms with van der Waals surface area (Å²) < 4.78 is 1.97. The minimum atomic E-state index is -0.137. The Bertz CT molecular complexity index is 990. The highest BCUT2D eigenvalue weighted by molar-refractivity contribution is 7.99. The number of aryl methyl sites for hydroxylation is 1. The van der Waals surface area contributed by atoms with Gasteiger partial charge < -0.3 is 14.8 Å². The van der Waals surface area contributed by atoms with Crippen LogP contribution in [0.15, 0.2) is 11.2 Å². The van der Waals surface area contributed by atoms with E-state index in [1.165, 1.54) is 28.6 Å². The summed E-state index contributed by atoms with van der Waals surface area (Å²) in [7, 11) is 1.95. The van der Waals surface area contributed by atoms with Crippen LogP contribution in [0.1, 0.15) is 58.4 Å². The first kappa shape index (κ1) is 25.7. The van der Waals surface area contributed by atoms with Crippen molar-refractivity contribution in [2.24, 2.45) is 18.4 Å². The average molecular weight is 492 g/mol. The lowest BCUT2D eigenvalue weighted by atomic mass is 9.72. The maximum atomic E-state index is 12.7. The van der Waals surface area contributed by atoms with Crippen LogP contribution >= 0.6 is 23.1 Å². The lowest BCUT2D eigenvalue weighted by molar-refractivity contribution is -0.134. The summed E-state index contributed by atoms with van der Waals surface area (Å²) in [5.74, 6) is 1.56. The molecule has 33 heavy (non-hydrogen) atoms. The Morgan fingerprint density at radius 1 is 1.33 bits per heavy atom. The van der Waals surface area contributed by atoms with Gasteiger partial charge in [0.1, 0.15) is 0 Å². The van der Waals surface area contributed by atoms with Crippen molar-refractivity contribution in [1.29, 1.82) is 0 Å². The van der Waals surface area contributed by atoms with Gasteiger partial charge in [-0.3, -0.25) is 9.59 Å². The zero-order chi connectivity index (χ0) is 24.3. The van der Waals surface area contributed by atoms with Crippen molar-refractivity contribution >= 4 is 34.9 Å². The zero-order valence-electron chi connectivity index (χ0n) is 20.9. The van der Waals surface area contributed by atoms with E-state index < -0.39 is 0 Å². The summed E-state index contributed by atoms with van der Waals surface area (Å²) in [4.78, 5) is 28.9. The summed E-state index contributed by atoms with van der Waals surface area (Å²) in [5, 5.41) is 12.3. The number of hydrogen-bond donors (Lipinski definition) is 1. The molecular weight excluding hydrogens is 454 g/mol. The molecule has 7 nitrogen and oxygen atoms in total. The maximum Gasteiger partial charge on any atom is 0.239 e. The monoisotopic (exact) mass is 491 g/mol. The quantitative estimate of drug-likeness (QED) is 0.561. The van der Waals surface area contributed by atoms with Gasteiger partial charge >= 0.3 is 0 Å². The molecule has 0 bridgehead atoms. The molecule has 2 aromatic heterocycles. The Morgan fingerprint density at radius 3 is 2.70 bits per heavy atom. The first-order valence-electron chi connectivity index (χ1n) is 11.7. The smallest absolute Gasteiger partial charge is 0.239 e. The van der Waals surface area contributed by atoms with Crippen molar-refractivity contribution in [2.75, 3.05) is 18.8 Å². The molecule has 1 N–H and O–H groups in total. The zero-order valence-corrected chi connectivity index (χ0v) is 22.5. The molecule has 2 aromatic rings. The van der Waals surface area contributed by atoms with E-state index in [2.05, 4.69) is 42.4 Å². The summed E-state index contributed by atoms with van der Waals surface area (Å²) >= 11 is 3.19. The van der Waals surface area contributed by atoms with Crippen LogP contribution < -0.4 is 5.32 Å². The summed E-state index contributed by atoms with van der Waals surface area (Å²) in [6, 6.07) is 2.34. The van der Waals surface area contributed by atoms with Crippen LogP contribution in [-0.4, -0.2) is 56.4 Å². The molecule has 0 fully saturated rings. The third kappa shape index (κ3) is 6.38. The Morgan fingerprint density at radius 2 is 2.06 bits per heavy atom. The van der Waals surface area contributed by atoms with Gasteiger partial charge in [-0.1, -0.05) is 32.5 Å². The van der Waals surface area contributed by atoms with E-state index in [0.29, 0.717) is 23.0 Å². The lowest BCUT2D eigenvalue weighted by Gasteiger charge is -2.33. The predicted octanol–water partition coefficient (Wildman–Crippen LogP) is 4.16. The van der Waals surface area contributed by atoms with Gasteiger partial charge in [0.25, 0.3) is 0 Å². The number of amides is 2. The lowest BCUT2D eigenvalue weighted by Crippen LogP contribution is -2.43. The Balaban J connectivity index is 1.64. The van der Waals surface area contributed by atoms with Crippen LogP contribution in [0.4, 0.5) is 0 Å². The van der Waals surface area contributed by atoms with Crippen molar-refractivity contribution in [3.05, 3.63) is 16.5 Å². The number of rotatable bonds is 8. The summed E-state index contributed by atoms with van der Waals surface area (Å²) in [5.41, 5.74) is 1.77. The molecule has 3 rings (SSSR count). The number of thioether (sulfide) groups is 1. The van der Waals surface area contributed by atoms with Gasteiger partial charge in [-0.25, -0.2) is 0 Å². The minimum absolute atomic E-state index is 0.0556. The summed E-state index contributed by atoms with van der Waals surface area (Å²) in [6.07, 6.45) is 3.50. The number of nitrogens with one attached hydrogen (secondary N) is 1. The van der Waals surface area contributed by atoms with Crippen molar-refractivity contribution in [2.45, 2.75) is 72.0 Å². The summed E-state index contributed by atoms with van der Waals surface area (Å²) in [6.45, 7) is 13.3. The van der Waals surface area contributed by atoms with E-state index in [1.54, 1.807) is 4.90 Å². The highest BCUT2D eigenvalue weighted by atomic mass is 32.2. The Hall–Kier alpha value is -1.87. The van der Waals surface area contributed by atoms with Gasteiger partial charge in [0.2, 0.25) is 11.8 Å². The third-order valence-corrected chi connectivity index (χ3v) is 8.44. The Labute approximate surface area is 205 Å². The molecule has 2 heterocycles. The van der Waals surface area contributed by atoms with Crippen LogP contribution in [0.2, 0.25) is 0 Å². The van der Waals surface area contributed by atoms with Crippen molar-refractivity contribution < 1.29 is 9.59 Å². The van der Waals surface area contributed by atoms with Crippen LogP contribution in [-0.2, 0) is 29.5 Å². The fourth-order valence-corrected chi connectivity index (χ4v) is 6.21. The number of aromatic nitrogens is 3. The highest BCUT2D eigenvalue weighted by Gasteiger charge is 2.30. The van der Waals surface area contributed by atoms with Gasteiger partial charge in [0.15, 0.2) is 11.0 Å². The molecular formula is C24H37N5O2S2. The SMILES string of the molecule is CCN(CC(=O)NC(C)C)C(=O)CSc1nnc(-c2cc3c(s2)CC[C@H](C(C)(C)C)C3)n1C. The van der Waals surface area contributed by atoms with E-state index in [9.17, 15) is 9.59 Å². The predicted molar refractivity (Wildman–Crippen MR) is 136 cm³/mol. The van der Waals surface area contributed by atoms with E-state index in [1.807, 2.05) is 43.7 Å². The van der Waals surface area contributed by atoms with E-state index in [0.717, 1.165) is 23.5 Å². The minimum Gasteiger partial charge on any atom is -0.352 e. The number of carbonyl (C=O) groups is 2. The molecule has 9 heteroatoms. The topological polar surface area (TPSA) is 80.1 Å². The second-order valence-corrected chi connectivity index (χ2v) is 12.2. The number of hydrogen-bond acceptors (Lipinski definition) is 6. The van der Waals surface area contributed by atoms with E-state index in [4.69, 9.17) is 0 Å². The fourth-order valence-electron chi connectivity index (χ4n) is 4.16. The third-order valence-electron chi connectivity index (χ3n) is 6.21. The molecule has 0 saturated carbocycles. The molecule has 0 spiro atoms. The molecule has 0 aliphatic heterocycles. The Kier molecular flexibility index (Phi) is 8.26. The van der Waals surface area contributed by atoms with Crippen LogP contribution in [0.25, 0.3) is 10.7 Å². The molecule has 0 unspecified atom stereocenters.